The van der Waals surface area contributed by atoms with Crippen molar-refractivity contribution in [3.63, 3.8) is 0 Å². The highest BCUT2D eigenvalue weighted by molar-refractivity contribution is 7.98. The van der Waals surface area contributed by atoms with Crippen LogP contribution >= 0.6 is 11.8 Å². The Labute approximate surface area is 99.4 Å². The van der Waals surface area contributed by atoms with Gasteiger partial charge in [0.05, 0.1) is 5.69 Å². The number of rotatable bonds is 2. The van der Waals surface area contributed by atoms with E-state index in [4.69, 9.17) is 5.73 Å². The quantitative estimate of drug-likeness (QED) is 0.666. The van der Waals surface area contributed by atoms with Crippen LogP contribution in [0.3, 0.4) is 0 Å². The summed E-state index contributed by atoms with van der Waals surface area (Å²) in [4.78, 5) is 0. The van der Waals surface area contributed by atoms with Crippen LogP contribution in [-0.2, 0) is 0 Å². The number of hydrogen-bond acceptors (Lipinski definition) is 3. The lowest BCUT2D eigenvalue weighted by atomic mass is 10.3. The van der Waals surface area contributed by atoms with Gasteiger partial charge in [-0.05, 0) is 6.26 Å². The van der Waals surface area contributed by atoms with Crippen molar-refractivity contribution in [1.82, 2.24) is 9.78 Å². The molecule has 2 N–H and O–H groups in total. The van der Waals surface area contributed by atoms with Crippen LogP contribution < -0.4 is 5.73 Å². The highest BCUT2D eigenvalue weighted by Crippen LogP contribution is 2.22. The van der Waals surface area contributed by atoms with Gasteiger partial charge in [0.15, 0.2) is 17.5 Å². The van der Waals surface area contributed by atoms with Gasteiger partial charge in [-0.25, -0.2) is 17.9 Å². The van der Waals surface area contributed by atoms with Gasteiger partial charge in [-0.15, -0.1) is 11.8 Å². The van der Waals surface area contributed by atoms with Crippen LogP contribution in [0, 0.1) is 17.5 Å². The van der Waals surface area contributed by atoms with Gasteiger partial charge in [-0.1, -0.05) is 0 Å². The standard InChI is InChI=1S/C10H8F3N3S/c1-17-9-4-8(14)16(15-9)5-2-6(11)10(13)7(12)3-5/h2-4H,14H2,1H3. The van der Waals surface area contributed by atoms with E-state index in [0.717, 1.165) is 16.8 Å². The van der Waals surface area contributed by atoms with Crippen LogP contribution in [0.15, 0.2) is 23.2 Å². The Balaban J connectivity index is 2.56. The van der Waals surface area contributed by atoms with E-state index in [1.54, 1.807) is 12.3 Å². The molecule has 1 heterocycles. The first kappa shape index (κ1) is 11.8. The van der Waals surface area contributed by atoms with Gasteiger partial charge in [0.1, 0.15) is 10.8 Å². The number of nitrogens with zero attached hydrogens (tertiary/aromatic N) is 2. The lowest BCUT2D eigenvalue weighted by Gasteiger charge is -2.05. The second-order valence-electron chi connectivity index (χ2n) is 3.25. The predicted octanol–water partition coefficient (Wildman–Crippen LogP) is 2.59. The molecule has 0 bridgehead atoms. The summed E-state index contributed by atoms with van der Waals surface area (Å²) >= 11 is 1.34. The topological polar surface area (TPSA) is 43.8 Å². The van der Waals surface area contributed by atoms with Gasteiger partial charge in [-0.3, -0.25) is 0 Å². The zero-order chi connectivity index (χ0) is 12.6. The van der Waals surface area contributed by atoms with E-state index in [1.165, 1.54) is 11.8 Å². The minimum atomic E-state index is -1.51. The molecule has 7 heteroatoms. The molecule has 0 aliphatic heterocycles. The molecule has 1 aromatic carbocycles. The summed E-state index contributed by atoms with van der Waals surface area (Å²) in [5, 5.41) is 4.61. The molecule has 0 spiro atoms. The summed E-state index contributed by atoms with van der Waals surface area (Å²) in [6.45, 7) is 0. The second-order valence-corrected chi connectivity index (χ2v) is 4.07. The Morgan fingerprint density at radius 1 is 1.18 bits per heavy atom. The zero-order valence-corrected chi connectivity index (χ0v) is 9.56. The molecule has 0 saturated carbocycles. The molecule has 0 atom stereocenters. The van der Waals surface area contributed by atoms with Gasteiger partial charge < -0.3 is 5.73 Å². The lowest BCUT2D eigenvalue weighted by molar-refractivity contribution is 0.446. The number of thioether (sulfide) groups is 1. The molecule has 17 heavy (non-hydrogen) atoms. The fourth-order valence-electron chi connectivity index (χ4n) is 1.34. The summed E-state index contributed by atoms with van der Waals surface area (Å²) in [5.74, 6) is -3.84. The zero-order valence-electron chi connectivity index (χ0n) is 8.75. The predicted molar refractivity (Wildman–Crippen MR) is 59.6 cm³/mol. The summed E-state index contributed by atoms with van der Waals surface area (Å²) in [5.41, 5.74) is 5.68. The molecule has 90 valence electrons. The van der Waals surface area contributed by atoms with Crippen LogP contribution in [0.5, 0.6) is 0 Å². The van der Waals surface area contributed by atoms with E-state index in [9.17, 15) is 13.2 Å². The van der Waals surface area contributed by atoms with Crippen LogP contribution in [-0.4, -0.2) is 16.0 Å². The molecule has 0 amide bonds. The largest absolute Gasteiger partial charge is 0.384 e. The van der Waals surface area contributed by atoms with Crippen molar-refractivity contribution < 1.29 is 13.2 Å². The van der Waals surface area contributed by atoms with Gasteiger partial charge in [0.2, 0.25) is 0 Å². The van der Waals surface area contributed by atoms with Crippen LogP contribution in [0.25, 0.3) is 5.69 Å². The number of benzene rings is 1. The van der Waals surface area contributed by atoms with E-state index in [2.05, 4.69) is 5.10 Å². The maximum absolute atomic E-state index is 13.0. The van der Waals surface area contributed by atoms with E-state index in [0.29, 0.717) is 5.03 Å². The minimum absolute atomic E-state index is 0.0409. The maximum Gasteiger partial charge on any atom is 0.194 e. The van der Waals surface area contributed by atoms with E-state index >= 15 is 0 Å². The fraction of sp³-hybridized carbons (Fsp3) is 0.100. The van der Waals surface area contributed by atoms with Crippen molar-refractivity contribution in [1.29, 1.82) is 0 Å². The fourth-order valence-corrected chi connectivity index (χ4v) is 1.75. The van der Waals surface area contributed by atoms with Crippen molar-refractivity contribution in [2.24, 2.45) is 0 Å². The van der Waals surface area contributed by atoms with E-state index in [-0.39, 0.29) is 11.5 Å². The Morgan fingerprint density at radius 2 is 1.76 bits per heavy atom. The minimum Gasteiger partial charge on any atom is -0.384 e. The molecule has 0 aliphatic rings. The van der Waals surface area contributed by atoms with E-state index < -0.39 is 17.5 Å². The van der Waals surface area contributed by atoms with Crippen molar-refractivity contribution in [2.75, 3.05) is 12.0 Å². The third-order valence-electron chi connectivity index (χ3n) is 2.14. The summed E-state index contributed by atoms with van der Waals surface area (Å²) < 4.78 is 40.0. The van der Waals surface area contributed by atoms with Gasteiger partial charge in [-0.2, -0.15) is 5.10 Å². The molecule has 2 aromatic rings. The molecule has 0 radical (unpaired) electrons. The third-order valence-corrected chi connectivity index (χ3v) is 2.75. The molecule has 0 aliphatic carbocycles. The normalized spacial score (nSPS) is 10.8. The monoisotopic (exact) mass is 259 g/mol. The Bertz CT molecular complexity index is 545. The highest BCUT2D eigenvalue weighted by Gasteiger charge is 2.14. The number of aromatic nitrogens is 2. The van der Waals surface area contributed by atoms with Crippen LogP contribution in [0.1, 0.15) is 0 Å². The maximum atomic E-state index is 13.0. The van der Waals surface area contributed by atoms with E-state index in [1.807, 2.05) is 0 Å². The molecule has 0 unspecified atom stereocenters. The summed E-state index contributed by atoms with van der Waals surface area (Å²) in [6.07, 6.45) is 1.79. The molecular weight excluding hydrogens is 251 g/mol. The van der Waals surface area contributed by atoms with Crippen LogP contribution in [0.2, 0.25) is 0 Å². The molecule has 1 aromatic heterocycles. The highest BCUT2D eigenvalue weighted by atomic mass is 32.2. The van der Waals surface area contributed by atoms with Crippen LogP contribution in [0.4, 0.5) is 19.0 Å². The first-order valence-electron chi connectivity index (χ1n) is 4.57. The summed E-state index contributed by atoms with van der Waals surface area (Å²) in [6, 6.07) is 3.24. The average Bonchev–Trinajstić information content (AvgIpc) is 2.67. The Hall–Kier alpha value is -1.63. The van der Waals surface area contributed by atoms with Gasteiger partial charge >= 0.3 is 0 Å². The number of anilines is 1. The van der Waals surface area contributed by atoms with Crippen molar-refractivity contribution in [3.05, 3.63) is 35.7 Å². The molecule has 2 rings (SSSR count). The Morgan fingerprint density at radius 3 is 2.24 bits per heavy atom. The third kappa shape index (κ3) is 2.10. The number of nitrogen functional groups attached to an aromatic ring is 1. The molecule has 3 nitrogen and oxygen atoms in total. The smallest absolute Gasteiger partial charge is 0.194 e. The van der Waals surface area contributed by atoms with Crippen molar-refractivity contribution in [3.8, 4) is 5.69 Å². The number of hydrogen-bond donors (Lipinski definition) is 1. The number of nitrogens with two attached hydrogens (primary N) is 1. The number of halogens is 3. The van der Waals surface area contributed by atoms with Crippen molar-refractivity contribution in [2.45, 2.75) is 5.03 Å². The van der Waals surface area contributed by atoms with Crippen molar-refractivity contribution >= 4 is 17.6 Å². The SMILES string of the molecule is CSc1cc(N)n(-c2cc(F)c(F)c(F)c2)n1. The van der Waals surface area contributed by atoms with Gasteiger partial charge in [0, 0.05) is 18.2 Å². The Kier molecular flexibility index (Phi) is 3.01. The van der Waals surface area contributed by atoms with Gasteiger partial charge in [0.25, 0.3) is 0 Å². The molecule has 0 saturated heterocycles. The lowest BCUT2D eigenvalue weighted by Crippen LogP contribution is -2.04. The summed E-state index contributed by atoms with van der Waals surface area (Å²) in [7, 11) is 0. The first-order chi connectivity index (χ1) is 8.02. The second kappa shape index (κ2) is 4.33. The molecular formula is C10H8F3N3S. The first-order valence-corrected chi connectivity index (χ1v) is 5.80. The molecule has 0 fully saturated rings. The average molecular weight is 259 g/mol.